The molecule has 0 spiro atoms. The Morgan fingerprint density at radius 1 is 1.47 bits per heavy atom. The van der Waals surface area contributed by atoms with Crippen LogP contribution in [-0.2, 0) is 4.79 Å². The highest BCUT2D eigenvalue weighted by Gasteiger charge is 2.40. The average Bonchev–Trinajstić information content (AvgIpc) is 2.66. The Balaban J connectivity index is 2.21. The monoisotopic (exact) mass is 208 g/mol. The van der Waals surface area contributed by atoms with Crippen molar-refractivity contribution in [1.82, 2.24) is 9.80 Å². The van der Waals surface area contributed by atoms with Gasteiger partial charge in [0.1, 0.15) is 0 Å². The highest BCUT2D eigenvalue weighted by molar-refractivity contribution is 5.95. The number of carbonyl (C=O) groups is 1. The van der Waals surface area contributed by atoms with Crippen molar-refractivity contribution in [1.29, 1.82) is 0 Å². The van der Waals surface area contributed by atoms with Gasteiger partial charge in [0.05, 0.1) is 12.7 Å². The van der Waals surface area contributed by atoms with E-state index < -0.39 is 0 Å². The quantitative estimate of drug-likeness (QED) is 0.656. The van der Waals surface area contributed by atoms with Crippen LogP contribution in [0.5, 0.6) is 0 Å². The van der Waals surface area contributed by atoms with Gasteiger partial charge in [0, 0.05) is 13.1 Å². The third kappa shape index (κ3) is 1.52. The van der Waals surface area contributed by atoms with E-state index in [1.165, 1.54) is 4.90 Å². The Bertz CT molecular complexity index is 325. The van der Waals surface area contributed by atoms with Crippen LogP contribution in [0.3, 0.4) is 0 Å². The number of nitrogens with zero attached hydrogens (tertiary/aromatic N) is 4. The molecule has 2 heterocycles. The van der Waals surface area contributed by atoms with Crippen LogP contribution in [-0.4, -0.2) is 53.7 Å². The molecule has 5 heteroatoms. The molecule has 0 aromatic rings. The maximum Gasteiger partial charge on any atom is 0.256 e. The summed E-state index contributed by atoms with van der Waals surface area (Å²) in [5.74, 6) is 0.0250. The molecule has 0 bridgehead atoms. The number of aliphatic imine (C=N–C) groups is 2. The third-order valence-electron chi connectivity index (χ3n) is 3.04. The van der Waals surface area contributed by atoms with Crippen molar-refractivity contribution in [2.45, 2.75) is 38.5 Å². The molecule has 2 aliphatic heterocycles. The second kappa shape index (κ2) is 3.64. The second-order valence-electron chi connectivity index (χ2n) is 4.04. The Kier molecular flexibility index (Phi) is 2.46. The molecular formula is C10H16N4O. The summed E-state index contributed by atoms with van der Waals surface area (Å²) in [5, 5.41) is 0. The van der Waals surface area contributed by atoms with Crippen molar-refractivity contribution >= 4 is 18.6 Å². The van der Waals surface area contributed by atoms with Crippen molar-refractivity contribution in [3.8, 4) is 0 Å². The van der Waals surface area contributed by atoms with Crippen LogP contribution in [0.4, 0.5) is 0 Å². The van der Waals surface area contributed by atoms with Gasteiger partial charge in [-0.05, 0) is 13.3 Å². The molecule has 0 saturated carbocycles. The van der Waals surface area contributed by atoms with Gasteiger partial charge in [-0.2, -0.15) is 0 Å². The highest BCUT2D eigenvalue weighted by atomic mass is 16.2. The lowest BCUT2D eigenvalue weighted by Crippen LogP contribution is -2.50. The molecule has 0 aliphatic carbocycles. The van der Waals surface area contributed by atoms with Crippen LogP contribution in [0.15, 0.2) is 9.98 Å². The Morgan fingerprint density at radius 2 is 2.20 bits per heavy atom. The van der Waals surface area contributed by atoms with Crippen molar-refractivity contribution in [2.24, 2.45) is 9.98 Å². The van der Waals surface area contributed by atoms with Gasteiger partial charge in [0.2, 0.25) is 0 Å². The predicted octanol–water partition coefficient (Wildman–Crippen LogP) is 0.324. The topological polar surface area (TPSA) is 48.3 Å². The summed E-state index contributed by atoms with van der Waals surface area (Å²) in [6, 6.07) is 0.0334. The van der Waals surface area contributed by atoms with Crippen LogP contribution in [0.1, 0.15) is 20.3 Å². The molecule has 5 nitrogen and oxygen atoms in total. The first-order valence-corrected chi connectivity index (χ1v) is 5.26. The van der Waals surface area contributed by atoms with Gasteiger partial charge < -0.3 is 9.80 Å². The predicted molar refractivity (Wildman–Crippen MR) is 58.9 cm³/mol. The van der Waals surface area contributed by atoms with E-state index in [9.17, 15) is 4.79 Å². The molecule has 0 radical (unpaired) electrons. The lowest BCUT2D eigenvalue weighted by molar-refractivity contribution is -0.129. The minimum atomic E-state index is -0.339. The first-order valence-electron chi connectivity index (χ1n) is 5.26. The Hall–Kier alpha value is -1.39. The molecular weight excluding hydrogens is 192 g/mol. The maximum atomic E-state index is 11.8. The van der Waals surface area contributed by atoms with Gasteiger partial charge in [-0.3, -0.25) is 9.79 Å². The van der Waals surface area contributed by atoms with Crippen molar-refractivity contribution < 1.29 is 4.79 Å². The molecule has 0 fully saturated rings. The number of fused-ring (bicyclic) bond motifs is 1. The largest absolute Gasteiger partial charge is 0.336 e. The van der Waals surface area contributed by atoms with Crippen molar-refractivity contribution in [3.05, 3.63) is 0 Å². The average molecular weight is 208 g/mol. The fourth-order valence-electron chi connectivity index (χ4n) is 1.83. The fourth-order valence-corrected chi connectivity index (χ4v) is 1.83. The molecule has 2 rings (SSSR count). The van der Waals surface area contributed by atoms with Gasteiger partial charge in [-0.15, -0.1) is 0 Å². The number of amides is 1. The molecule has 3 atom stereocenters. The zero-order valence-electron chi connectivity index (χ0n) is 9.29. The summed E-state index contributed by atoms with van der Waals surface area (Å²) in [6.45, 7) is 4.24. The van der Waals surface area contributed by atoms with Gasteiger partial charge in [-0.1, -0.05) is 6.92 Å². The Morgan fingerprint density at radius 3 is 2.87 bits per heavy atom. The van der Waals surface area contributed by atoms with E-state index >= 15 is 0 Å². The summed E-state index contributed by atoms with van der Waals surface area (Å²) in [6.07, 6.45) is 4.25. The molecule has 2 aliphatic rings. The molecule has 0 saturated heterocycles. The highest BCUT2D eigenvalue weighted by Crippen LogP contribution is 2.22. The standard InChI is InChI=1S/C10H16N4O/c1-4-7(2)14-6-11-8-9(14)12-5-13(3)10(8)15/h5-9H,4H2,1-3H3. The summed E-state index contributed by atoms with van der Waals surface area (Å²) < 4.78 is 0. The number of hydrogen-bond acceptors (Lipinski definition) is 4. The van der Waals surface area contributed by atoms with Crippen LogP contribution < -0.4 is 0 Å². The lowest BCUT2D eigenvalue weighted by Gasteiger charge is -2.32. The van der Waals surface area contributed by atoms with E-state index in [-0.39, 0.29) is 18.1 Å². The van der Waals surface area contributed by atoms with Gasteiger partial charge in [0.25, 0.3) is 5.91 Å². The van der Waals surface area contributed by atoms with E-state index in [0.717, 1.165) is 6.42 Å². The van der Waals surface area contributed by atoms with Crippen molar-refractivity contribution in [3.63, 3.8) is 0 Å². The van der Waals surface area contributed by atoms with Crippen LogP contribution >= 0.6 is 0 Å². The molecule has 1 amide bonds. The van der Waals surface area contributed by atoms with E-state index in [2.05, 4.69) is 28.7 Å². The van der Waals surface area contributed by atoms with Gasteiger partial charge in [-0.25, -0.2) is 4.99 Å². The summed E-state index contributed by atoms with van der Waals surface area (Å²) in [4.78, 5) is 23.9. The molecule has 82 valence electrons. The minimum Gasteiger partial charge on any atom is -0.336 e. The van der Waals surface area contributed by atoms with E-state index in [1.807, 2.05) is 0 Å². The molecule has 0 aromatic carbocycles. The summed E-state index contributed by atoms with van der Waals surface area (Å²) >= 11 is 0. The van der Waals surface area contributed by atoms with Gasteiger partial charge >= 0.3 is 0 Å². The molecule has 15 heavy (non-hydrogen) atoms. The van der Waals surface area contributed by atoms with Gasteiger partial charge in [0.15, 0.2) is 12.2 Å². The van der Waals surface area contributed by atoms with Crippen molar-refractivity contribution in [2.75, 3.05) is 7.05 Å². The zero-order valence-corrected chi connectivity index (χ0v) is 9.29. The lowest BCUT2D eigenvalue weighted by atomic mass is 10.1. The number of rotatable bonds is 2. The van der Waals surface area contributed by atoms with Crippen LogP contribution in [0.25, 0.3) is 0 Å². The maximum absolute atomic E-state index is 11.8. The number of likely N-dealkylation sites (N-methyl/N-ethyl adjacent to an activating group) is 1. The normalized spacial score (nSPS) is 31.0. The third-order valence-corrected chi connectivity index (χ3v) is 3.04. The second-order valence-corrected chi connectivity index (χ2v) is 4.04. The summed E-state index contributed by atoms with van der Waals surface area (Å²) in [7, 11) is 1.71. The first kappa shape index (κ1) is 10.1. The molecule has 3 unspecified atom stereocenters. The number of carbonyl (C=O) groups excluding carboxylic acids is 1. The summed E-state index contributed by atoms with van der Waals surface area (Å²) in [5.41, 5.74) is 0. The smallest absolute Gasteiger partial charge is 0.256 e. The van der Waals surface area contributed by atoms with E-state index in [1.54, 1.807) is 19.7 Å². The number of hydrogen-bond donors (Lipinski definition) is 0. The van der Waals surface area contributed by atoms with E-state index in [0.29, 0.717) is 6.04 Å². The fraction of sp³-hybridized carbons (Fsp3) is 0.700. The first-order chi connectivity index (χ1) is 7.15. The zero-order chi connectivity index (χ0) is 11.0. The van der Waals surface area contributed by atoms with E-state index in [4.69, 9.17) is 0 Å². The molecule has 0 aromatic heterocycles. The van der Waals surface area contributed by atoms with Crippen LogP contribution in [0, 0.1) is 0 Å². The Labute approximate surface area is 89.5 Å². The van der Waals surface area contributed by atoms with Crippen LogP contribution in [0.2, 0.25) is 0 Å². The molecule has 0 N–H and O–H groups in total. The SMILES string of the molecule is CCC(C)N1C=NC2C(=O)N(C)C=NC21. The minimum absolute atomic E-state index is 0.0250.